The van der Waals surface area contributed by atoms with E-state index in [0.717, 1.165) is 38.8 Å². The first-order chi connectivity index (χ1) is 24.2. The van der Waals surface area contributed by atoms with Crippen LogP contribution >= 0.6 is 11.6 Å². The summed E-state index contributed by atoms with van der Waals surface area (Å²) in [6, 6.07) is 8.25. The van der Waals surface area contributed by atoms with Crippen LogP contribution in [0.1, 0.15) is 32.1 Å². The van der Waals surface area contributed by atoms with Crippen molar-refractivity contribution in [3.05, 3.63) is 65.3 Å². The third-order valence-electron chi connectivity index (χ3n) is 10.7. The summed E-state index contributed by atoms with van der Waals surface area (Å²) in [7, 11) is 1.82. The minimum Gasteiger partial charge on any atom is -0.443 e. The van der Waals surface area contributed by atoms with E-state index in [2.05, 4.69) is 20.2 Å². The van der Waals surface area contributed by atoms with E-state index in [1.807, 2.05) is 28.8 Å². The second-order valence-electron chi connectivity index (χ2n) is 13.9. The number of rotatable bonds is 8. The summed E-state index contributed by atoms with van der Waals surface area (Å²) in [4.78, 5) is 30.6. The van der Waals surface area contributed by atoms with Crippen molar-refractivity contribution in [1.29, 1.82) is 0 Å². The highest BCUT2D eigenvalue weighted by molar-refractivity contribution is 6.36. The van der Waals surface area contributed by atoms with Crippen LogP contribution in [0.5, 0.6) is 6.01 Å². The summed E-state index contributed by atoms with van der Waals surface area (Å²) in [6.45, 7) is 3.48. The molecular formula is C37H38ClF3N7O2+. The monoisotopic (exact) mass is 704 g/mol. The normalized spacial score (nSPS) is 25.6. The molecule has 4 fully saturated rings. The Balaban J connectivity index is 1.16. The van der Waals surface area contributed by atoms with Gasteiger partial charge in [0.25, 0.3) is 0 Å². The number of carbonyl (C=O) groups is 1. The van der Waals surface area contributed by atoms with Crippen LogP contribution < -0.4 is 10.1 Å². The Hall–Kier alpha value is -4.13. The molecule has 8 rings (SSSR count). The number of amides is 1. The molecule has 260 valence electrons. The van der Waals surface area contributed by atoms with Gasteiger partial charge in [0.05, 0.1) is 23.8 Å². The van der Waals surface area contributed by atoms with E-state index in [1.165, 1.54) is 12.3 Å². The second-order valence-corrected chi connectivity index (χ2v) is 14.3. The summed E-state index contributed by atoms with van der Waals surface area (Å²) in [5, 5.41) is 4.48. The number of fused-ring (bicyclic) bond motifs is 3. The molecule has 4 aliphatic heterocycles. The van der Waals surface area contributed by atoms with Gasteiger partial charge in [-0.1, -0.05) is 41.9 Å². The molecule has 1 amide bonds. The Morgan fingerprint density at radius 3 is 2.86 bits per heavy atom. The zero-order chi connectivity index (χ0) is 34.6. The Bertz CT molecular complexity index is 2060. The van der Waals surface area contributed by atoms with E-state index in [-0.39, 0.29) is 46.7 Å². The van der Waals surface area contributed by atoms with Crippen molar-refractivity contribution in [1.82, 2.24) is 30.1 Å². The number of hydrogen-bond acceptors (Lipinski definition) is 7. The summed E-state index contributed by atoms with van der Waals surface area (Å²) in [6.07, 6.45) is 10.0. The molecule has 13 heteroatoms. The molecule has 2 aromatic heterocycles. The van der Waals surface area contributed by atoms with Gasteiger partial charge in [0, 0.05) is 66.2 Å². The van der Waals surface area contributed by atoms with Gasteiger partial charge in [-0.3, -0.25) is 14.7 Å². The number of benzene rings is 2. The average Bonchev–Trinajstić information content (AvgIpc) is 3.79. The molecule has 0 spiro atoms. The van der Waals surface area contributed by atoms with Gasteiger partial charge in [-0.05, 0) is 50.2 Å². The van der Waals surface area contributed by atoms with Crippen LogP contribution in [0, 0.1) is 17.6 Å². The van der Waals surface area contributed by atoms with Gasteiger partial charge in [0.15, 0.2) is 5.82 Å². The lowest BCUT2D eigenvalue weighted by atomic mass is 9.95. The molecule has 0 aliphatic carbocycles. The minimum atomic E-state index is -0.931. The number of alkyl halides is 1. The molecule has 50 heavy (non-hydrogen) atoms. The SMILES string of the molecule is C[N+](=CC1CCN(C(=O)/C=C/C2CCN2)C1)c1nc(OC[C@@]23CCCN2C[C@H](F)C3)nc2c(F)c(-c3cccc4ccc(F)c(Cl)c34)ncc12. The smallest absolute Gasteiger partial charge is 0.434 e. The largest absolute Gasteiger partial charge is 0.443 e. The fourth-order valence-electron chi connectivity index (χ4n) is 7.97. The van der Waals surface area contributed by atoms with Crippen LogP contribution in [0.3, 0.4) is 0 Å². The number of nitrogens with one attached hydrogen (secondary N) is 1. The predicted molar refractivity (Wildman–Crippen MR) is 186 cm³/mol. The zero-order valence-electron chi connectivity index (χ0n) is 27.7. The Morgan fingerprint density at radius 1 is 1.18 bits per heavy atom. The van der Waals surface area contributed by atoms with Crippen molar-refractivity contribution in [2.24, 2.45) is 5.92 Å². The number of carbonyl (C=O) groups excluding carboxylic acids is 1. The van der Waals surface area contributed by atoms with Crippen LogP contribution in [-0.2, 0) is 4.79 Å². The standard InChI is InChI=1S/C37H38ClF3N7O2/c1-46(18-22-11-15-47(19-22)29(49)9-7-25-10-13-42-25)35-27-17-43-33(26-5-2-4-23-6-8-28(40)31(38)30(23)26)32(41)34(27)44-36(45-35)50-21-37-12-3-14-48(37)20-24(39)16-37/h2,4-9,17-18,22,24-25,42H,3,10-16,19-21H2,1H3/q+1/b9-7+,46-18?/t22?,24-,25?,37+/m1/s1. The predicted octanol–water partition coefficient (Wildman–Crippen LogP) is 5.84. The quantitative estimate of drug-likeness (QED) is 0.140. The molecule has 6 heterocycles. The molecule has 4 saturated heterocycles. The van der Waals surface area contributed by atoms with Crippen molar-refractivity contribution in [3.8, 4) is 17.3 Å². The van der Waals surface area contributed by atoms with Gasteiger partial charge >= 0.3 is 11.8 Å². The van der Waals surface area contributed by atoms with Gasteiger partial charge in [0.1, 0.15) is 35.2 Å². The molecule has 0 radical (unpaired) electrons. The van der Waals surface area contributed by atoms with E-state index >= 15 is 4.39 Å². The molecule has 4 aromatic rings. The first-order valence-corrected chi connectivity index (χ1v) is 17.6. The molecule has 0 bridgehead atoms. The van der Waals surface area contributed by atoms with Crippen molar-refractivity contribution in [2.45, 2.75) is 49.9 Å². The third-order valence-corrected chi connectivity index (χ3v) is 11.1. The number of aromatic nitrogens is 3. The van der Waals surface area contributed by atoms with Crippen molar-refractivity contribution < 1.29 is 27.3 Å². The zero-order valence-corrected chi connectivity index (χ0v) is 28.5. The van der Waals surface area contributed by atoms with E-state index in [0.29, 0.717) is 53.6 Å². The van der Waals surface area contributed by atoms with Gasteiger partial charge in [0.2, 0.25) is 5.91 Å². The number of nitrogens with zero attached hydrogens (tertiary/aromatic N) is 6. The fraction of sp³-hybridized carbons (Fsp3) is 0.432. The molecule has 2 aromatic carbocycles. The molecule has 4 aliphatic rings. The van der Waals surface area contributed by atoms with E-state index in [4.69, 9.17) is 21.3 Å². The molecule has 9 nitrogen and oxygen atoms in total. The number of halogens is 4. The number of pyridine rings is 1. The third kappa shape index (κ3) is 6.01. The lowest BCUT2D eigenvalue weighted by Gasteiger charge is -2.30. The molecule has 0 saturated carbocycles. The van der Waals surface area contributed by atoms with E-state index in [1.54, 1.807) is 30.3 Å². The van der Waals surface area contributed by atoms with Crippen LogP contribution in [0.15, 0.2) is 48.7 Å². The maximum Gasteiger partial charge on any atom is 0.434 e. The molecule has 4 atom stereocenters. The first kappa shape index (κ1) is 33.0. The molecule has 2 unspecified atom stereocenters. The van der Waals surface area contributed by atoms with Crippen LogP contribution in [0.2, 0.25) is 5.02 Å². The summed E-state index contributed by atoms with van der Waals surface area (Å²) >= 11 is 6.41. The summed E-state index contributed by atoms with van der Waals surface area (Å²) in [5.41, 5.74) is -0.185. The second kappa shape index (κ2) is 13.2. The van der Waals surface area contributed by atoms with Crippen molar-refractivity contribution >= 4 is 51.2 Å². The van der Waals surface area contributed by atoms with Gasteiger partial charge in [-0.2, -0.15) is 4.98 Å². The maximum absolute atomic E-state index is 16.8. The van der Waals surface area contributed by atoms with Crippen molar-refractivity contribution in [3.63, 3.8) is 0 Å². The first-order valence-electron chi connectivity index (χ1n) is 17.2. The highest BCUT2D eigenvalue weighted by Gasteiger charge is 2.49. The maximum atomic E-state index is 16.8. The Morgan fingerprint density at radius 2 is 2.04 bits per heavy atom. The number of hydrogen-bond donors (Lipinski definition) is 1. The Kier molecular flexibility index (Phi) is 8.73. The minimum absolute atomic E-state index is 0.0181. The number of likely N-dealkylation sites (tertiary alicyclic amines) is 1. The lowest BCUT2D eigenvalue weighted by Crippen LogP contribution is -2.43. The highest BCUT2D eigenvalue weighted by atomic mass is 35.5. The van der Waals surface area contributed by atoms with Gasteiger partial charge < -0.3 is 15.0 Å². The lowest BCUT2D eigenvalue weighted by molar-refractivity contribution is -0.405. The molecular weight excluding hydrogens is 667 g/mol. The average molecular weight is 705 g/mol. The fourth-order valence-corrected chi connectivity index (χ4v) is 8.25. The summed E-state index contributed by atoms with van der Waals surface area (Å²) < 4.78 is 53.9. The van der Waals surface area contributed by atoms with Gasteiger partial charge in [-0.25, -0.2) is 17.7 Å². The Labute approximate surface area is 292 Å². The number of ether oxygens (including phenoxy) is 1. The van der Waals surface area contributed by atoms with Crippen LogP contribution in [0.4, 0.5) is 19.0 Å². The van der Waals surface area contributed by atoms with Crippen molar-refractivity contribution in [2.75, 3.05) is 46.4 Å². The van der Waals surface area contributed by atoms with Gasteiger partial charge in [-0.15, -0.1) is 0 Å². The topological polar surface area (TPSA) is 86.5 Å². The van der Waals surface area contributed by atoms with E-state index in [9.17, 15) is 13.6 Å². The highest BCUT2D eigenvalue weighted by Crippen LogP contribution is 2.41. The van der Waals surface area contributed by atoms with Crippen LogP contribution in [0.25, 0.3) is 32.9 Å². The van der Waals surface area contributed by atoms with Crippen LogP contribution in [-0.4, -0.2) is 106 Å². The van der Waals surface area contributed by atoms with E-state index < -0.39 is 23.3 Å². The summed E-state index contributed by atoms with van der Waals surface area (Å²) in [5.74, 6) is -0.958. The molecule has 1 N–H and O–H groups in total.